The minimum atomic E-state index is -0.0571. The van der Waals surface area contributed by atoms with Gasteiger partial charge in [0.1, 0.15) is 11.9 Å². The van der Waals surface area contributed by atoms with Crippen LogP contribution < -0.4 is 4.74 Å². The minimum absolute atomic E-state index is 0.0571. The molecule has 0 saturated heterocycles. The zero-order chi connectivity index (χ0) is 21.6. The molecule has 1 aliphatic heterocycles. The van der Waals surface area contributed by atoms with Crippen LogP contribution in [0.3, 0.4) is 0 Å². The molecule has 0 radical (unpaired) electrons. The average Bonchev–Trinajstić information content (AvgIpc) is 3.29. The first-order valence-electron chi connectivity index (χ1n) is 10.2. The van der Waals surface area contributed by atoms with Crippen LogP contribution in [-0.4, -0.2) is 26.4 Å². The number of methoxy groups -OCH3 is 1. The quantitative estimate of drug-likeness (QED) is 0.403. The first-order chi connectivity index (χ1) is 15.1. The Hall–Kier alpha value is -2.85. The van der Waals surface area contributed by atoms with Crippen molar-refractivity contribution in [2.75, 3.05) is 20.3 Å². The molecule has 4 rings (SSSR count). The Labute approximate surface area is 188 Å². The largest absolute Gasteiger partial charge is 0.497 e. The van der Waals surface area contributed by atoms with Gasteiger partial charge in [0, 0.05) is 5.02 Å². The predicted molar refractivity (Wildman–Crippen MR) is 126 cm³/mol. The van der Waals surface area contributed by atoms with E-state index in [1.807, 2.05) is 48.5 Å². The second kappa shape index (κ2) is 9.97. The van der Waals surface area contributed by atoms with Crippen molar-refractivity contribution < 1.29 is 14.2 Å². The SMILES string of the molecule is C=C(C1=CC(COCc2ccc(OC)cc2)OC1)c1ccc(-c2ccc(Cl)cc2)cc1. The third kappa shape index (κ3) is 5.45. The van der Waals surface area contributed by atoms with E-state index in [0.717, 1.165) is 44.2 Å². The molecule has 0 aliphatic carbocycles. The van der Waals surface area contributed by atoms with Crippen LogP contribution in [0, 0.1) is 0 Å². The maximum Gasteiger partial charge on any atom is 0.118 e. The molecule has 0 spiro atoms. The van der Waals surface area contributed by atoms with E-state index < -0.39 is 0 Å². The first kappa shape index (κ1) is 21.4. The fourth-order valence-corrected chi connectivity index (χ4v) is 3.63. The third-order valence-corrected chi connectivity index (χ3v) is 5.60. The number of ether oxygens (including phenoxy) is 3. The Morgan fingerprint density at radius 3 is 2.26 bits per heavy atom. The lowest BCUT2D eigenvalue weighted by atomic mass is 9.97. The summed E-state index contributed by atoms with van der Waals surface area (Å²) in [5.74, 6) is 0.843. The van der Waals surface area contributed by atoms with Crippen molar-refractivity contribution in [3.05, 3.63) is 107 Å². The number of halogens is 1. The van der Waals surface area contributed by atoms with E-state index in [1.54, 1.807) is 7.11 Å². The van der Waals surface area contributed by atoms with Gasteiger partial charge >= 0.3 is 0 Å². The van der Waals surface area contributed by atoms with E-state index in [1.165, 1.54) is 0 Å². The molecule has 0 N–H and O–H groups in total. The summed E-state index contributed by atoms with van der Waals surface area (Å²) >= 11 is 5.98. The Bertz CT molecular complexity index is 1050. The number of hydrogen-bond donors (Lipinski definition) is 0. The number of benzene rings is 3. The molecule has 0 bridgehead atoms. The fourth-order valence-electron chi connectivity index (χ4n) is 3.51. The van der Waals surface area contributed by atoms with E-state index in [2.05, 4.69) is 36.9 Å². The summed E-state index contributed by atoms with van der Waals surface area (Å²) in [6.07, 6.45) is 2.06. The molecule has 158 valence electrons. The molecule has 0 aromatic heterocycles. The molecule has 1 heterocycles. The van der Waals surface area contributed by atoms with Gasteiger partial charge in [-0.25, -0.2) is 0 Å². The lowest BCUT2D eigenvalue weighted by molar-refractivity contribution is 0.0221. The molecule has 1 unspecified atom stereocenters. The molecule has 0 fully saturated rings. The van der Waals surface area contributed by atoms with Gasteiger partial charge in [-0.1, -0.05) is 66.7 Å². The van der Waals surface area contributed by atoms with E-state index in [0.29, 0.717) is 19.8 Å². The monoisotopic (exact) mass is 432 g/mol. The van der Waals surface area contributed by atoms with Crippen LogP contribution in [0.1, 0.15) is 11.1 Å². The van der Waals surface area contributed by atoms with Gasteiger partial charge in [-0.2, -0.15) is 0 Å². The Morgan fingerprint density at radius 1 is 0.968 bits per heavy atom. The van der Waals surface area contributed by atoms with E-state index in [4.69, 9.17) is 25.8 Å². The maximum absolute atomic E-state index is 5.98. The molecular formula is C27H25ClO3. The van der Waals surface area contributed by atoms with Crippen LogP contribution in [0.4, 0.5) is 0 Å². The van der Waals surface area contributed by atoms with Crippen LogP contribution in [0.2, 0.25) is 5.02 Å². The first-order valence-corrected chi connectivity index (χ1v) is 10.6. The smallest absolute Gasteiger partial charge is 0.118 e. The Kier molecular flexibility index (Phi) is 6.88. The van der Waals surface area contributed by atoms with Crippen molar-refractivity contribution in [1.29, 1.82) is 0 Å². The Balaban J connectivity index is 1.32. The Morgan fingerprint density at radius 2 is 1.61 bits per heavy atom. The average molecular weight is 433 g/mol. The maximum atomic E-state index is 5.98. The second-order valence-electron chi connectivity index (χ2n) is 7.47. The summed E-state index contributed by atoms with van der Waals surface area (Å²) in [5, 5.41) is 0.740. The highest BCUT2D eigenvalue weighted by Crippen LogP contribution is 2.29. The summed E-state index contributed by atoms with van der Waals surface area (Å²) < 4.78 is 16.9. The van der Waals surface area contributed by atoms with Crippen LogP contribution in [0.15, 0.2) is 91.0 Å². The lowest BCUT2D eigenvalue weighted by Gasteiger charge is -2.09. The van der Waals surface area contributed by atoms with Gasteiger partial charge < -0.3 is 14.2 Å². The van der Waals surface area contributed by atoms with E-state index in [-0.39, 0.29) is 6.10 Å². The van der Waals surface area contributed by atoms with Crippen LogP contribution in [0.25, 0.3) is 16.7 Å². The molecular weight excluding hydrogens is 408 g/mol. The van der Waals surface area contributed by atoms with Gasteiger partial charge in [0.2, 0.25) is 0 Å². The molecule has 3 aromatic carbocycles. The van der Waals surface area contributed by atoms with Crippen molar-refractivity contribution in [3.63, 3.8) is 0 Å². The molecule has 0 amide bonds. The van der Waals surface area contributed by atoms with Gasteiger partial charge in [0.05, 0.1) is 26.9 Å². The normalized spacial score (nSPS) is 15.5. The highest BCUT2D eigenvalue weighted by molar-refractivity contribution is 6.30. The summed E-state index contributed by atoms with van der Waals surface area (Å²) in [5.41, 5.74) is 6.58. The lowest BCUT2D eigenvalue weighted by Crippen LogP contribution is -2.13. The third-order valence-electron chi connectivity index (χ3n) is 5.35. The molecule has 31 heavy (non-hydrogen) atoms. The van der Waals surface area contributed by atoms with Gasteiger partial charge in [-0.15, -0.1) is 0 Å². The summed E-state index contributed by atoms with van der Waals surface area (Å²) in [6.45, 7) is 5.89. The van der Waals surface area contributed by atoms with Gasteiger partial charge in [-0.05, 0) is 63.7 Å². The molecule has 1 atom stereocenters. The van der Waals surface area contributed by atoms with Crippen molar-refractivity contribution >= 4 is 17.2 Å². The molecule has 3 nitrogen and oxygen atoms in total. The van der Waals surface area contributed by atoms with E-state index in [9.17, 15) is 0 Å². The highest BCUT2D eigenvalue weighted by Gasteiger charge is 2.19. The summed E-state index contributed by atoms with van der Waals surface area (Å²) in [6, 6.07) is 24.1. The summed E-state index contributed by atoms with van der Waals surface area (Å²) in [4.78, 5) is 0. The molecule has 1 aliphatic rings. The molecule has 0 saturated carbocycles. The second-order valence-corrected chi connectivity index (χ2v) is 7.90. The molecule has 3 aromatic rings. The van der Waals surface area contributed by atoms with Crippen molar-refractivity contribution in [1.82, 2.24) is 0 Å². The van der Waals surface area contributed by atoms with Crippen LogP contribution >= 0.6 is 11.6 Å². The zero-order valence-electron chi connectivity index (χ0n) is 17.5. The van der Waals surface area contributed by atoms with Crippen LogP contribution in [0.5, 0.6) is 5.75 Å². The van der Waals surface area contributed by atoms with E-state index >= 15 is 0 Å². The van der Waals surface area contributed by atoms with Gasteiger partial charge in [0.15, 0.2) is 0 Å². The number of rotatable bonds is 8. The van der Waals surface area contributed by atoms with Crippen molar-refractivity contribution in [2.45, 2.75) is 12.7 Å². The summed E-state index contributed by atoms with van der Waals surface area (Å²) in [7, 11) is 1.66. The van der Waals surface area contributed by atoms with Crippen molar-refractivity contribution in [2.24, 2.45) is 0 Å². The van der Waals surface area contributed by atoms with Crippen molar-refractivity contribution in [3.8, 4) is 16.9 Å². The van der Waals surface area contributed by atoms with Gasteiger partial charge in [0.25, 0.3) is 0 Å². The zero-order valence-corrected chi connectivity index (χ0v) is 18.3. The highest BCUT2D eigenvalue weighted by atomic mass is 35.5. The standard InChI is InChI=1S/C27H25ClO3/c1-19(21-5-7-22(8-6-21)23-9-11-25(28)12-10-23)24-15-27(31-17-24)18-30-16-20-3-13-26(29-2)14-4-20/h3-15,27H,1,16-18H2,2H3. The predicted octanol–water partition coefficient (Wildman–Crippen LogP) is 6.57. The van der Waals surface area contributed by atoms with Gasteiger partial charge in [-0.3, -0.25) is 0 Å². The topological polar surface area (TPSA) is 27.7 Å². The fraction of sp³-hybridized carbons (Fsp3) is 0.185. The molecule has 4 heteroatoms. The minimum Gasteiger partial charge on any atom is -0.497 e. The number of hydrogen-bond acceptors (Lipinski definition) is 3. The van der Waals surface area contributed by atoms with Crippen LogP contribution in [-0.2, 0) is 16.1 Å².